The smallest absolute Gasteiger partial charge is 0.257 e. The quantitative estimate of drug-likeness (QED) is 0.571. The van der Waals surface area contributed by atoms with Crippen LogP contribution in [0.2, 0.25) is 0 Å². The summed E-state index contributed by atoms with van der Waals surface area (Å²) >= 11 is 0. The number of nitrogens with one attached hydrogen (secondary N) is 2. The Morgan fingerprint density at radius 1 is 1.27 bits per heavy atom. The third kappa shape index (κ3) is 7.10. The number of alkyl halides is 2. The van der Waals surface area contributed by atoms with Gasteiger partial charge in [-0.3, -0.25) is 0 Å². The molecule has 7 heteroatoms. The summed E-state index contributed by atoms with van der Waals surface area (Å²) < 4.78 is 35.3. The Morgan fingerprint density at radius 2 is 2.00 bits per heavy atom. The first-order chi connectivity index (χ1) is 10.5. The van der Waals surface area contributed by atoms with Crippen LogP contribution in [0.3, 0.4) is 0 Å². The highest BCUT2D eigenvalue weighted by atomic mass is 19.3. The van der Waals surface area contributed by atoms with Crippen molar-refractivity contribution in [2.75, 3.05) is 26.7 Å². The molecule has 0 radical (unpaired) electrons. The van der Waals surface area contributed by atoms with E-state index >= 15 is 0 Å². The first-order valence-corrected chi connectivity index (χ1v) is 7.16. The lowest BCUT2D eigenvalue weighted by Gasteiger charge is -2.18. The van der Waals surface area contributed by atoms with Gasteiger partial charge in [0, 0.05) is 12.6 Å². The molecule has 1 rings (SSSR count). The van der Waals surface area contributed by atoms with Crippen LogP contribution in [0.5, 0.6) is 11.5 Å². The SMILES string of the molecule is CCNC(=NCC(F)F)NCC(C)Oc1cccc(OC)c1. The van der Waals surface area contributed by atoms with Gasteiger partial charge in [0.15, 0.2) is 5.96 Å². The van der Waals surface area contributed by atoms with Crippen LogP contribution in [0, 0.1) is 0 Å². The van der Waals surface area contributed by atoms with Crippen molar-refractivity contribution in [1.29, 1.82) is 0 Å². The van der Waals surface area contributed by atoms with Crippen LogP contribution in [0.4, 0.5) is 8.78 Å². The lowest BCUT2D eigenvalue weighted by atomic mass is 10.3. The summed E-state index contributed by atoms with van der Waals surface area (Å²) in [5.41, 5.74) is 0. The highest BCUT2D eigenvalue weighted by Gasteiger charge is 2.07. The van der Waals surface area contributed by atoms with Crippen LogP contribution in [0.1, 0.15) is 13.8 Å². The van der Waals surface area contributed by atoms with Crippen molar-refractivity contribution in [1.82, 2.24) is 10.6 Å². The fourth-order valence-corrected chi connectivity index (χ4v) is 1.69. The Morgan fingerprint density at radius 3 is 2.64 bits per heavy atom. The van der Waals surface area contributed by atoms with Gasteiger partial charge in [-0.2, -0.15) is 0 Å². The van der Waals surface area contributed by atoms with E-state index in [0.717, 1.165) is 0 Å². The molecule has 22 heavy (non-hydrogen) atoms. The van der Waals surface area contributed by atoms with E-state index < -0.39 is 13.0 Å². The molecule has 0 aromatic heterocycles. The van der Waals surface area contributed by atoms with E-state index in [9.17, 15) is 8.78 Å². The predicted octanol–water partition coefficient (Wildman–Crippen LogP) is 2.28. The third-order valence-electron chi connectivity index (χ3n) is 2.67. The van der Waals surface area contributed by atoms with Crippen molar-refractivity contribution in [3.63, 3.8) is 0 Å². The van der Waals surface area contributed by atoms with Crippen molar-refractivity contribution >= 4 is 5.96 Å². The molecule has 0 aliphatic heterocycles. The number of hydrogen-bond donors (Lipinski definition) is 2. The van der Waals surface area contributed by atoms with Crippen LogP contribution < -0.4 is 20.1 Å². The molecule has 0 spiro atoms. The van der Waals surface area contributed by atoms with Gasteiger partial charge in [0.1, 0.15) is 24.1 Å². The largest absolute Gasteiger partial charge is 0.497 e. The summed E-state index contributed by atoms with van der Waals surface area (Å²) in [6, 6.07) is 7.28. The predicted molar refractivity (Wildman–Crippen MR) is 83.1 cm³/mol. The zero-order valence-corrected chi connectivity index (χ0v) is 13.1. The maximum absolute atomic E-state index is 12.2. The monoisotopic (exact) mass is 315 g/mol. The van der Waals surface area contributed by atoms with Crippen molar-refractivity contribution in [3.05, 3.63) is 24.3 Å². The Balaban J connectivity index is 2.48. The molecule has 1 unspecified atom stereocenters. The fraction of sp³-hybridized carbons (Fsp3) is 0.533. The summed E-state index contributed by atoms with van der Waals surface area (Å²) in [7, 11) is 1.59. The standard InChI is InChI=1S/C15H23F2N3O2/c1-4-18-15(20-10-14(16)17)19-9-11(2)22-13-7-5-6-12(8-13)21-3/h5-8,11,14H,4,9-10H2,1-3H3,(H2,18,19,20). The summed E-state index contributed by atoms with van der Waals surface area (Å²) in [6.45, 7) is 4.26. The number of aliphatic imine (C=N–C) groups is 1. The second-order valence-electron chi connectivity index (χ2n) is 4.60. The van der Waals surface area contributed by atoms with Crippen molar-refractivity contribution in [2.24, 2.45) is 4.99 Å². The van der Waals surface area contributed by atoms with Gasteiger partial charge in [-0.1, -0.05) is 6.07 Å². The van der Waals surface area contributed by atoms with Gasteiger partial charge in [-0.15, -0.1) is 0 Å². The molecular formula is C15H23F2N3O2. The summed E-state index contributed by atoms with van der Waals surface area (Å²) in [5, 5.41) is 5.88. The van der Waals surface area contributed by atoms with E-state index in [2.05, 4.69) is 15.6 Å². The van der Waals surface area contributed by atoms with E-state index in [1.54, 1.807) is 13.2 Å². The molecule has 1 atom stereocenters. The molecule has 124 valence electrons. The molecule has 0 aliphatic carbocycles. The van der Waals surface area contributed by atoms with Crippen LogP contribution in [0.25, 0.3) is 0 Å². The zero-order chi connectivity index (χ0) is 16.4. The third-order valence-corrected chi connectivity index (χ3v) is 2.67. The number of hydrogen-bond acceptors (Lipinski definition) is 3. The molecule has 1 aromatic rings. The number of nitrogens with zero attached hydrogens (tertiary/aromatic N) is 1. The van der Waals surface area contributed by atoms with Gasteiger partial charge < -0.3 is 20.1 Å². The molecule has 0 heterocycles. The maximum Gasteiger partial charge on any atom is 0.257 e. The molecule has 0 aliphatic rings. The maximum atomic E-state index is 12.2. The van der Waals surface area contributed by atoms with Crippen molar-refractivity contribution in [3.8, 4) is 11.5 Å². The Hall–Kier alpha value is -2.05. The molecule has 1 aromatic carbocycles. The van der Waals surface area contributed by atoms with E-state index in [-0.39, 0.29) is 6.10 Å². The minimum absolute atomic E-state index is 0.164. The van der Waals surface area contributed by atoms with Crippen LogP contribution in [0.15, 0.2) is 29.3 Å². The number of methoxy groups -OCH3 is 1. The number of guanidine groups is 1. The van der Waals surface area contributed by atoms with Crippen molar-refractivity contribution in [2.45, 2.75) is 26.4 Å². The first kappa shape index (κ1) is 18.0. The summed E-state index contributed by atoms with van der Waals surface area (Å²) in [4.78, 5) is 3.79. The molecular weight excluding hydrogens is 292 g/mol. The lowest BCUT2D eigenvalue weighted by molar-refractivity contribution is 0.158. The van der Waals surface area contributed by atoms with Gasteiger partial charge in [0.05, 0.1) is 13.7 Å². The molecule has 0 fully saturated rings. The average Bonchev–Trinajstić information content (AvgIpc) is 2.50. The van der Waals surface area contributed by atoms with Crippen LogP contribution in [-0.2, 0) is 0 Å². The van der Waals surface area contributed by atoms with Crippen molar-refractivity contribution < 1.29 is 18.3 Å². The Labute approximate surface area is 129 Å². The minimum Gasteiger partial charge on any atom is -0.497 e. The highest BCUT2D eigenvalue weighted by molar-refractivity contribution is 5.79. The molecule has 0 bridgehead atoms. The van der Waals surface area contributed by atoms with Gasteiger partial charge in [0.2, 0.25) is 0 Å². The van der Waals surface area contributed by atoms with Crippen LogP contribution in [-0.4, -0.2) is 45.2 Å². The molecule has 0 amide bonds. The summed E-state index contributed by atoms with van der Waals surface area (Å²) in [6.07, 6.45) is -2.62. The Bertz CT molecular complexity index is 470. The summed E-state index contributed by atoms with van der Waals surface area (Å²) in [5.74, 6) is 1.75. The molecule has 2 N–H and O–H groups in total. The topological polar surface area (TPSA) is 54.9 Å². The lowest BCUT2D eigenvalue weighted by Crippen LogP contribution is -2.42. The normalized spacial score (nSPS) is 12.9. The second kappa shape index (κ2) is 9.81. The first-order valence-electron chi connectivity index (χ1n) is 7.16. The van der Waals surface area contributed by atoms with E-state index in [1.165, 1.54) is 0 Å². The molecule has 5 nitrogen and oxygen atoms in total. The van der Waals surface area contributed by atoms with Gasteiger partial charge in [-0.05, 0) is 26.0 Å². The number of benzene rings is 1. The second-order valence-corrected chi connectivity index (χ2v) is 4.60. The van der Waals surface area contributed by atoms with Gasteiger partial charge in [-0.25, -0.2) is 13.8 Å². The van der Waals surface area contributed by atoms with Gasteiger partial charge in [0.25, 0.3) is 6.43 Å². The highest BCUT2D eigenvalue weighted by Crippen LogP contribution is 2.19. The molecule has 0 saturated carbocycles. The number of rotatable bonds is 8. The van der Waals surface area contributed by atoms with E-state index in [4.69, 9.17) is 9.47 Å². The van der Waals surface area contributed by atoms with Gasteiger partial charge >= 0.3 is 0 Å². The van der Waals surface area contributed by atoms with Crippen LogP contribution >= 0.6 is 0 Å². The zero-order valence-electron chi connectivity index (χ0n) is 13.1. The molecule has 0 saturated heterocycles. The average molecular weight is 315 g/mol. The number of halogens is 2. The Kier molecular flexibility index (Phi) is 8.03. The van der Waals surface area contributed by atoms with E-state index in [0.29, 0.717) is 30.5 Å². The minimum atomic E-state index is -2.46. The number of ether oxygens (including phenoxy) is 2. The fourth-order valence-electron chi connectivity index (χ4n) is 1.69. The van der Waals surface area contributed by atoms with E-state index in [1.807, 2.05) is 32.0 Å².